The normalized spacial score (nSPS) is 12.3. The molecule has 0 aliphatic rings. The average Bonchev–Trinajstić information content (AvgIpc) is 3.16. The second kappa shape index (κ2) is 6.84. The zero-order valence-corrected chi connectivity index (χ0v) is 14.2. The molecule has 24 heavy (non-hydrogen) atoms. The smallest absolute Gasteiger partial charge is 0.223 e. The molecule has 0 saturated heterocycles. The zero-order valence-electron chi connectivity index (χ0n) is 14.2. The molecule has 0 bridgehead atoms. The molecule has 0 radical (unpaired) electrons. The van der Waals surface area contributed by atoms with Gasteiger partial charge in [-0.1, -0.05) is 5.16 Å². The van der Waals surface area contributed by atoms with E-state index in [1.165, 1.54) is 0 Å². The number of furan rings is 1. The lowest BCUT2D eigenvalue weighted by molar-refractivity contribution is 0.190. The third kappa shape index (κ3) is 3.30. The SMILES string of the molecule is COC[C@H](C)Nc1ncc(-c2cc(C)no2)c(-c2ccoc2C)n1. The maximum atomic E-state index is 5.43. The van der Waals surface area contributed by atoms with Crippen LogP contribution in [0.2, 0.25) is 0 Å². The molecule has 0 spiro atoms. The first kappa shape index (κ1) is 16.2. The first-order valence-corrected chi connectivity index (χ1v) is 7.69. The Labute approximate surface area is 140 Å². The Balaban J connectivity index is 2.05. The summed E-state index contributed by atoms with van der Waals surface area (Å²) in [4.78, 5) is 9.05. The lowest BCUT2D eigenvalue weighted by Gasteiger charge is -2.14. The first-order chi connectivity index (χ1) is 11.6. The van der Waals surface area contributed by atoms with E-state index in [1.54, 1.807) is 19.6 Å². The van der Waals surface area contributed by atoms with Crippen molar-refractivity contribution >= 4 is 5.95 Å². The Hall–Kier alpha value is -2.67. The molecule has 0 aromatic carbocycles. The maximum Gasteiger partial charge on any atom is 0.223 e. The summed E-state index contributed by atoms with van der Waals surface area (Å²) in [5, 5.41) is 7.17. The van der Waals surface area contributed by atoms with Crippen LogP contribution in [-0.2, 0) is 4.74 Å². The minimum Gasteiger partial charge on any atom is -0.469 e. The average molecular weight is 328 g/mol. The summed E-state index contributed by atoms with van der Waals surface area (Å²) in [6.45, 7) is 6.34. The van der Waals surface area contributed by atoms with Gasteiger partial charge >= 0.3 is 0 Å². The second-order valence-corrected chi connectivity index (χ2v) is 5.68. The topological polar surface area (TPSA) is 86.2 Å². The van der Waals surface area contributed by atoms with Crippen molar-refractivity contribution in [2.45, 2.75) is 26.8 Å². The van der Waals surface area contributed by atoms with Crippen molar-refractivity contribution in [3.05, 3.63) is 36.0 Å². The number of aromatic nitrogens is 3. The highest BCUT2D eigenvalue weighted by atomic mass is 16.5. The third-order valence-electron chi connectivity index (χ3n) is 3.59. The van der Waals surface area contributed by atoms with Gasteiger partial charge < -0.3 is 19.0 Å². The fraction of sp³-hybridized carbons (Fsp3) is 0.353. The minimum atomic E-state index is 0.0895. The van der Waals surface area contributed by atoms with Crippen LogP contribution in [0.15, 0.2) is 33.5 Å². The van der Waals surface area contributed by atoms with Crippen molar-refractivity contribution < 1.29 is 13.7 Å². The number of nitrogens with one attached hydrogen (secondary N) is 1. The number of anilines is 1. The quantitative estimate of drug-likeness (QED) is 0.741. The van der Waals surface area contributed by atoms with Gasteiger partial charge in [0.15, 0.2) is 5.76 Å². The lowest BCUT2D eigenvalue weighted by Crippen LogP contribution is -2.22. The second-order valence-electron chi connectivity index (χ2n) is 5.68. The molecule has 0 aliphatic heterocycles. The van der Waals surface area contributed by atoms with E-state index in [0.29, 0.717) is 18.3 Å². The van der Waals surface area contributed by atoms with Gasteiger partial charge in [-0.15, -0.1) is 0 Å². The fourth-order valence-electron chi connectivity index (χ4n) is 2.47. The number of methoxy groups -OCH3 is 1. The summed E-state index contributed by atoms with van der Waals surface area (Å²) >= 11 is 0. The fourth-order valence-corrected chi connectivity index (χ4v) is 2.47. The van der Waals surface area contributed by atoms with Gasteiger partial charge in [0.25, 0.3) is 0 Å². The van der Waals surface area contributed by atoms with Gasteiger partial charge in [-0.2, -0.15) is 0 Å². The Morgan fingerprint density at radius 1 is 1.29 bits per heavy atom. The molecule has 3 heterocycles. The van der Waals surface area contributed by atoms with Crippen LogP contribution in [0.3, 0.4) is 0 Å². The molecule has 1 N–H and O–H groups in total. The van der Waals surface area contributed by atoms with Crippen molar-refractivity contribution in [3.63, 3.8) is 0 Å². The molecule has 0 aliphatic carbocycles. The monoisotopic (exact) mass is 328 g/mol. The van der Waals surface area contributed by atoms with Crippen LogP contribution in [0, 0.1) is 13.8 Å². The van der Waals surface area contributed by atoms with Crippen LogP contribution in [0.1, 0.15) is 18.4 Å². The first-order valence-electron chi connectivity index (χ1n) is 7.69. The highest BCUT2D eigenvalue weighted by Gasteiger charge is 2.18. The molecule has 0 saturated carbocycles. The van der Waals surface area contributed by atoms with Gasteiger partial charge in [0, 0.05) is 31.0 Å². The van der Waals surface area contributed by atoms with Crippen LogP contribution < -0.4 is 5.32 Å². The van der Waals surface area contributed by atoms with E-state index >= 15 is 0 Å². The van der Waals surface area contributed by atoms with Crippen molar-refractivity contribution in [1.29, 1.82) is 0 Å². The Morgan fingerprint density at radius 2 is 2.12 bits per heavy atom. The van der Waals surface area contributed by atoms with Crippen molar-refractivity contribution in [1.82, 2.24) is 15.1 Å². The van der Waals surface area contributed by atoms with E-state index in [-0.39, 0.29) is 6.04 Å². The van der Waals surface area contributed by atoms with Gasteiger partial charge in [-0.05, 0) is 26.8 Å². The summed E-state index contributed by atoms with van der Waals surface area (Å²) < 4.78 is 16.0. The molecule has 0 unspecified atom stereocenters. The number of rotatable bonds is 6. The van der Waals surface area contributed by atoms with Gasteiger partial charge in [0.2, 0.25) is 5.95 Å². The summed E-state index contributed by atoms with van der Waals surface area (Å²) in [5.41, 5.74) is 3.20. The molecule has 0 fully saturated rings. The number of hydrogen-bond donors (Lipinski definition) is 1. The van der Waals surface area contributed by atoms with E-state index in [4.69, 9.17) is 13.7 Å². The molecular formula is C17H20N4O3. The van der Waals surface area contributed by atoms with E-state index in [2.05, 4.69) is 20.4 Å². The zero-order chi connectivity index (χ0) is 17.1. The van der Waals surface area contributed by atoms with E-state index in [1.807, 2.05) is 32.9 Å². The molecule has 1 atom stereocenters. The Kier molecular flexibility index (Phi) is 4.61. The van der Waals surface area contributed by atoms with Crippen molar-refractivity contribution in [2.24, 2.45) is 0 Å². The Bertz CT molecular complexity index is 825. The number of aryl methyl sites for hydroxylation is 2. The highest BCUT2D eigenvalue weighted by molar-refractivity contribution is 5.79. The van der Waals surface area contributed by atoms with Gasteiger partial charge in [-0.3, -0.25) is 0 Å². The van der Waals surface area contributed by atoms with Gasteiger partial charge in [0.05, 0.1) is 29.8 Å². The predicted octanol–water partition coefficient (Wildman–Crippen LogP) is 3.46. The number of ether oxygens (including phenoxy) is 1. The van der Waals surface area contributed by atoms with Crippen LogP contribution in [0.4, 0.5) is 5.95 Å². The van der Waals surface area contributed by atoms with Crippen LogP contribution >= 0.6 is 0 Å². The summed E-state index contributed by atoms with van der Waals surface area (Å²) in [6.07, 6.45) is 3.37. The van der Waals surface area contributed by atoms with E-state index in [0.717, 1.165) is 28.3 Å². The molecule has 3 rings (SSSR count). The minimum absolute atomic E-state index is 0.0895. The third-order valence-corrected chi connectivity index (χ3v) is 3.59. The lowest BCUT2D eigenvalue weighted by atomic mass is 10.1. The van der Waals surface area contributed by atoms with Crippen molar-refractivity contribution in [2.75, 3.05) is 19.0 Å². The number of hydrogen-bond acceptors (Lipinski definition) is 7. The summed E-state index contributed by atoms with van der Waals surface area (Å²) in [5.74, 6) is 1.93. The molecule has 3 aromatic rings. The van der Waals surface area contributed by atoms with Crippen LogP contribution in [0.5, 0.6) is 0 Å². The maximum absolute atomic E-state index is 5.43. The Morgan fingerprint density at radius 3 is 2.75 bits per heavy atom. The molecule has 0 amide bonds. The largest absolute Gasteiger partial charge is 0.469 e. The highest BCUT2D eigenvalue weighted by Crippen LogP contribution is 2.33. The molecule has 126 valence electrons. The van der Waals surface area contributed by atoms with Crippen molar-refractivity contribution in [3.8, 4) is 22.6 Å². The predicted molar refractivity (Wildman–Crippen MR) is 89.7 cm³/mol. The number of nitrogens with zero attached hydrogens (tertiary/aromatic N) is 3. The molecule has 7 nitrogen and oxygen atoms in total. The summed E-state index contributed by atoms with van der Waals surface area (Å²) in [7, 11) is 1.66. The van der Waals surface area contributed by atoms with E-state index < -0.39 is 0 Å². The molecule has 3 aromatic heterocycles. The standard InChI is InChI=1S/C17H20N4O3/c1-10-7-15(24-21-10)14-8-18-17(19-11(2)9-22-4)20-16(14)13-5-6-23-12(13)3/h5-8,11H,9H2,1-4H3,(H,18,19,20)/t11-/m0/s1. The molecular weight excluding hydrogens is 308 g/mol. The van der Waals surface area contributed by atoms with Crippen LogP contribution in [0.25, 0.3) is 22.6 Å². The van der Waals surface area contributed by atoms with E-state index in [9.17, 15) is 0 Å². The van der Waals surface area contributed by atoms with Gasteiger partial charge in [-0.25, -0.2) is 9.97 Å². The van der Waals surface area contributed by atoms with Crippen LogP contribution in [-0.4, -0.2) is 34.9 Å². The summed E-state index contributed by atoms with van der Waals surface area (Å²) in [6, 6.07) is 3.83. The van der Waals surface area contributed by atoms with Gasteiger partial charge in [0.1, 0.15) is 5.76 Å². The molecule has 7 heteroatoms.